The quantitative estimate of drug-likeness (QED) is 0.482. The van der Waals surface area contributed by atoms with Crippen LogP contribution in [0, 0.1) is 23.2 Å². The molecule has 1 aromatic carbocycles. The van der Waals surface area contributed by atoms with Crippen molar-refractivity contribution in [2.75, 3.05) is 18.0 Å². The summed E-state index contributed by atoms with van der Waals surface area (Å²) in [5.41, 5.74) is 6.91. The second-order valence-corrected chi connectivity index (χ2v) is 8.72. The van der Waals surface area contributed by atoms with Crippen molar-refractivity contribution >= 4 is 11.3 Å². The summed E-state index contributed by atoms with van der Waals surface area (Å²) in [5, 5.41) is 14.1. The van der Waals surface area contributed by atoms with Gasteiger partial charge in [0.25, 0.3) is 0 Å². The molecule has 6 rings (SSSR count). The average molecular weight is 406 g/mol. The van der Waals surface area contributed by atoms with Crippen molar-refractivity contribution in [1.29, 1.82) is 5.26 Å². The van der Waals surface area contributed by atoms with E-state index in [1.54, 1.807) is 6.20 Å². The van der Waals surface area contributed by atoms with Gasteiger partial charge in [-0.25, -0.2) is 9.50 Å². The molecule has 2 fully saturated rings. The van der Waals surface area contributed by atoms with Crippen molar-refractivity contribution in [3.8, 4) is 28.3 Å². The Kier molecular flexibility index (Phi) is 4.07. The van der Waals surface area contributed by atoms with Crippen LogP contribution in [0.5, 0.6) is 0 Å². The maximum atomic E-state index is 9.63. The molecule has 1 saturated heterocycles. The summed E-state index contributed by atoms with van der Waals surface area (Å²) in [6, 6.07) is 17.3. The number of hydrogen-bond acceptors (Lipinski definition) is 4. The van der Waals surface area contributed by atoms with E-state index in [0.717, 1.165) is 64.9 Å². The van der Waals surface area contributed by atoms with Gasteiger partial charge in [0.1, 0.15) is 11.9 Å². The van der Waals surface area contributed by atoms with Gasteiger partial charge in [-0.3, -0.25) is 0 Å². The van der Waals surface area contributed by atoms with E-state index in [1.165, 1.54) is 12.0 Å². The van der Waals surface area contributed by atoms with Gasteiger partial charge < -0.3 is 4.90 Å². The second kappa shape index (κ2) is 6.95. The van der Waals surface area contributed by atoms with Crippen molar-refractivity contribution in [3.05, 3.63) is 72.2 Å². The fourth-order valence-electron chi connectivity index (χ4n) is 4.83. The Balaban J connectivity index is 1.44. The molecule has 0 bridgehead atoms. The van der Waals surface area contributed by atoms with Crippen LogP contribution >= 0.6 is 0 Å². The third-order valence-corrected chi connectivity index (χ3v) is 6.79. The highest BCUT2D eigenvalue weighted by Crippen LogP contribution is 2.46. The number of fused-ring (bicyclic) bond motifs is 2. The highest BCUT2D eigenvalue weighted by molar-refractivity contribution is 5.87. The second-order valence-electron chi connectivity index (χ2n) is 8.72. The number of aryl methyl sites for hydroxylation is 1. The van der Waals surface area contributed by atoms with Crippen molar-refractivity contribution in [2.24, 2.45) is 11.8 Å². The number of pyridine rings is 2. The zero-order chi connectivity index (χ0) is 20.9. The molecule has 0 radical (unpaired) electrons. The average Bonchev–Trinajstić information content (AvgIpc) is 3.23. The number of hydrogen-bond donors (Lipinski definition) is 0. The van der Waals surface area contributed by atoms with Gasteiger partial charge in [-0.05, 0) is 54.0 Å². The smallest absolute Gasteiger partial charge is 0.128 e. The van der Waals surface area contributed by atoms with E-state index < -0.39 is 0 Å². The maximum Gasteiger partial charge on any atom is 0.128 e. The van der Waals surface area contributed by atoms with Crippen LogP contribution in [0.3, 0.4) is 0 Å². The lowest BCUT2D eigenvalue weighted by Crippen LogP contribution is -2.22. The summed E-state index contributed by atoms with van der Waals surface area (Å²) >= 11 is 0. The fraction of sp³-hybridized carbons (Fsp3) is 0.269. The molecule has 0 N–H and O–H groups in total. The number of anilines is 1. The first-order valence-electron chi connectivity index (χ1n) is 11.0. The van der Waals surface area contributed by atoms with E-state index in [9.17, 15) is 5.26 Å². The Morgan fingerprint density at radius 3 is 2.45 bits per heavy atom. The van der Waals surface area contributed by atoms with Crippen LogP contribution in [0.2, 0.25) is 0 Å². The molecule has 31 heavy (non-hydrogen) atoms. The highest BCUT2D eigenvalue weighted by atomic mass is 15.2. The molecule has 0 spiro atoms. The first-order chi connectivity index (χ1) is 15.2. The fourth-order valence-corrected chi connectivity index (χ4v) is 4.83. The van der Waals surface area contributed by atoms with Gasteiger partial charge in [0.15, 0.2) is 0 Å². The van der Waals surface area contributed by atoms with Crippen molar-refractivity contribution in [3.63, 3.8) is 0 Å². The van der Waals surface area contributed by atoms with Crippen LogP contribution in [0.4, 0.5) is 5.82 Å². The summed E-state index contributed by atoms with van der Waals surface area (Å²) < 4.78 is 1.82. The maximum absolute atomic E-state index is 9.63. The van der Waals surface area contributed by atoms with Gasteiger partial charge in [0, 0.05) is 42.2 Å². The molecule has 0 amide bonds. The van der Waals surface area contributed by atoms with E-state index in [-0.39, 0.29) is 0 Å². The predicted molar refractivity (Wildman–Crippen MR) is 122 cm³/mol. The number of rotatable bonds is 4. The van der Waals surface area contributed by atoms with E-state index >= 15 is 0 Å². The Hall–Kier alpha value is -3.65. The Morgan fingerprint density at radius 1 is 1.00 bits per heavy atom. The lowest BCUT2D eigenvalue weighted by Gasteiger charge is -2.19. The van der Waals surface area contributed by atoms with Crippen LogP contribution in [0.25, 0.3) is 27.8 Å². The number of piperidine rings is 1. The van der Waals surface area contributed by atoms with E-state index in [2.05, 4.69) is 65.5 Å². The van der Waals surface area contributed by atoms with E-state index in [0.29, 0.717) is 5.56 Å². The largest absolute Gasteiger partial charge is 0.356 e. The first-order valence-corrected chi connectivity index (χ1v) is 11.0. The molecule has 1 saturated carbocycles. The Morgan fingerprint density at radius 2 is 1.77 bits per heavy atom. The molecule has 3 aromatic heterocycles. The highest BCUT2D eigenvalue weighted by Gasteiger charge is 2.45. The van der Waals surface area contributed by atoms with Gasteiger partial charge >= 0.3 is 0 Å². The Labute approximate surface area is 181 Å². The lowest BCUT2D eigenvalue weighted by atomic mass is 9.99. The van der Waals surface area contributed by atoms with Gasteiger partial charge in [0.2, 0.25) is 0 Å². The molecule has 2 unspecified atom stereocenters. The van der Waals surface area contributed by atoms with Crippen LogP contribution in [0.15, 0.2) is 61.1 Å². The topological polar surface area (TPSA) is 57.2 Å². The molecule has 4 heterocycles. The molecule has 2 atom stereocenters. The van der Waals surface area contributed by atoms with Crippen molar-refractivity contribution < 1.29 is 0 Å². The van der Waals surface area contributed by atoms with E-state index in [1.807, 2.05) is 16.9 Å². The number of nitrogens with zero attached hydrogens (tertiary/aromatic N) is 5. The zero-order valence-corrected chi connectivity index (χ0v) is 17.5. The molecule has 5 nitrogen and oxygen atoms in total. The van der Waals surface area contributed by atoms with Gasteiger partial charge in [0.05, 0.1) is 17.3 Å². The Bertz CT molecular complexity index is 1300. The number of nitriles is 1. The van der Waals surface area contributed by atoms with Crippen LogP contribution in [0.1, 0.15) is 24.5 Å². The minimum absolute atomic E-state index is 0.576. The minimum atomic E-state index is 0.576. The van der Waals surface area contributed by atoms with Crippen LogP contribution in [-0.2, 0) is 6.42 Å². The molecule has 5 heteroatoms. The minimum Gasteiger partial charge on any atom is -0.356 e. The zero-order valence-electron chi connectivity index (χ0n) is 17.5. The van der Waals surface area contributed by atoms with Crippen LogP contribution < -0.4 is 4.90 Å². The standard InChI is InChI=1S/C26H23N5/c1-2-17-3-5-18(6-4-17)22-10-24(26-23(11-27)13-29-31(26)16-22)19-7-8-25(28-12-19)30-14-20-9-21(20)15-30/h3-8,10,12-13,16,20-21H,2,9,14-15H2,1H3. The molecule has 152 valence electrons. The van der Waals surface area contributed by atoms with Gasteiger partial charge in [-0.2, -0.15) is 10.4 Å². The molecule has 2 aliphatic rings. The van der Waals surface area contributed by atoms with Crippen molar-refractivity contribution in [2.45, 2.75) is 19.8 Å². The molecular weight excluding hydrogens is 382 g/mol. The van der Waals surface area contributed by atoms with Gasteiger partial charge in [-0.1, -0.05) is 31.2 Å². The van der Waals surface area contributed by atoms with Gasteiger partial charge in [-0.15, -0.1) is 0 Å². The number of benzene rings is 1. The predicted octanol–water partition coefficient (Wildman–Crippen LogP) is 4.95. The molecule has 1 aliphatic heterocycles. The molecule has 1 aliphatic carbocycles. The van der Waals surface area contributed by atoms with Crippen molar-refractivity contribution in [1.82, 2.24) is 14.6 Å². The summed E-state index contributed by atoms with van der Waals surface area (Å²) in [6.07, 6.45) is 7.98. The normalized spacial score (nSPS) is 19.4. The first kappa shape index (κ1) is 18.1. The summed E-state index contributed by atoms with van der Waals surface area (Å²) in [7, 11) is 0. The third-order valence-electron chi connectivity index (χ3n) is 6.79. The summed E-state index contributed by atoms with van der Waals surface area (Å²) in [4.78, 5) is 7.17. The lowest BCUT2D eigenvalue weighted by molar-refractivity contribution is 0.805. The summed E-state index contributed by atoms with van der Waals surface area (Å²) in [6.45, 7) is 4.42. The number of aromatic nitrogens is 3. The molecule has 4 aromatic rings. The SMILES string of the molecule is CCc1ccc(-c2cc(-c3ccc(N4CC5CC5C4)nc3)c3c(C#N)cnn3c2)cc1. The van der Waals surface area contributed by atoms with Crippen LogP contribution in [-0.4, -0.2) is 27.7 Å². The third kappa shape index (κ3) is 3.07. The van der Waals surface area contributed by atoms with E-state index in [4.69, 9.17) is 4.98 Å². The monoisotopic (exact) mass is 405 g/mol. The summed E-state index contributed by atoms with van der Waals surface area (Å²) in [5.74, 6) is 2.80. The molecular formula is C26H23N5.